The highest BCUT2D eigenvalue weighted by molar-refractivity contribution is 5.90. The monoisotopic (exact) mass is 282 g/mol. The average Bonchev–Trinajstić information content (AvgIpc) is 2.45. The van der Waals surface area contributed by atoms with Crippen LogP contribution in [-0.2, 0) is 16.0 Å². The molecule has 0 saturated heterocycles. The molecule has 110 valence electrons. The molecule has 0 bridgehead atoms. The van der Waals surface area contributed by atoms with Gasteiger partial charge in [-0.15, -0.1) is 0 Å². The van der Waals surface area contributed by atoms with Crippen molar-refractivity contribution in [2.45, 2.75) is 33.6 Å². The number of Topliss-reactive ketones (excluding diaryl/α,β-unsaturated/α-hetero) is 2. The maximum absolute atomic E-state index is 12.4. The minimum absolute atomic E-state index is 0.0377. The Morgan fingerprint density at radius 2 is 1.67 bits per heavy atom. The van der Waals surface area contributed by atoms with Crippen LogP contribution in [0.25, 0.3) is 10.8 Å². The minimum atomic E-state index is -0.215. The Labute approximate surface area is 126 Å². The number of hydrogen-bond donors (Lipinski definition) is 0. The summed E-state index contributed by atoms with van der Waals surface area (Å²) in [5.74, 6) is 0.00463. The number of ketones is 2. The zero-order chi connectivity index (χ0) is 15.4. The molecule has 0 aromatic heterocycles. The lowest BCUT2D eigenvalue weighted by molar-refractivity contribution is -0.129. The van der Waals surface area contributed by atoms with Crippen LogP contribution < -0.4 is 0 Å². The van der Waals surface area contributed by atoms with Crippen LogP contribution in [0.4, 0.5) is 0 Å². The summed E-state index contributed by atoms with van der Waals surface area (Å²) in [6.07, 6.45) is 0.970. The second-order valence-electron chi connectivity index (χ2n) is 6.00. The fourth-order valence-corrected chi connectivity index (χ4v) is 2.83. The highest BCUT2D eigenvalue weighted by atomic mass is 16.1. The molecule has 2 aromatic rings. The first kappa shape index (κ1) is 15.4. The third kappa shape index (κ3) is 3.78. The summed E-state index contributed by atoms with van der Waals surface area (Å²) in [5, 5.41) is 2.35. The molecule has 0 amide bonds. The predicted octanol–water partition coefficient (Wildman–Crippen LogP) is 4.20. The number of hydrogen-bond acceptors (Lipinski definition) is 2. The summed E-state index contributed by atoms with van der Waals surface area (Å²) in [4.78, 5) is 23.8. The molecule has 0 aliphatic heterocycles. The van der Waals surface area contributed by atoms with Gasteiger partial charge < -0.3 is 4.79 Å². The van der Waals surface area contributed by atoms with E-state index >= 15 is 0 Å². The molecular formula is C19H22O2. The second-order valence-corrected chi connectivity index (χ2v) is 6.00. The van der Waals surface area contributed by atoms with Crippen LogP contribution in [0, 0.1) is 11.8 Å². The summed E-state index contributed by atoms with van der Waals surface area (Å²) in [6, 6.07) is 14.3. The summed E-state index contributed by atoms with van der Waals surface area (Å²) >= 11 is 0. The highest BCUT2D eigenvalue weighted by Gasteiger charge is 2.23. The van der Waals surface area contributed by atoms with Gasteiger partial charge in [0.25, 0.3) is 0 Å². The Morgan fingerprint density at radius 3 is 2.33 bits per heavy atom. The molecule has 0 unspecified atom stereocenters. The van der Waals surface area contributed by atoms with Crippen LogP contribution in [0.1, 0.15) is 32.8 Å². The van der Waals surface area contributed by atoms with E-state index in [1.807, 2.05) is 32.0 Å². The average molecular weight is 282 g/mol. The number of carbonyl (C=O) groups is 2. The van der Waals surface area contributed by atoms with E-state index in [0.717, 1.165) is 5.56 Å². The van der Waals surface area contributed by atoms with Crippen LogP contribution in [0.2, 0.25) is 0 Å². The van der Waals surface area contributed by atoms with Crippen LogP contribution in [0.3, 0.4) is 0 Å². The molecule has 2 aromatic carbocycles. The smallest absolute Gasteiger partial charge is 0.139 e. The van der Waals surface area contributed by atoms with Crippen LogP contribution in [0.5, 0.6) is 0 Å². The molecule has 2 rings (SSSR count). The summed E-state index contributed by atoms with van der Waals surface area (Å²) in [6.45, 7) is 5.36. The molecule has 0 heterocycles. The largest absolute Gasteiger partial charge is 0.300 e. The standard InChI is InChI=1S/C19H22O2/c1-13(2)19(21)17(11-14(3)20)12-16-9-6-8-15-7-4-5-10-18(15)16/h4-10,13,17H,11-12H2,1-3H3/t17-/m0/s1. The molecule has 0 aliphatic carbocycles. The SMILES string of the molecule is CC(=O)C[C@@H](Cc1cccc2ccccc12)C(=O)C(C)C. The molecule has 0 fully saturated rings. The van der Waals surface area contributed by atoms with Crippen molar-refractivity contribution >= 4 is 22.3 Å². The van der Waals surface area contributed by atoms with Crippen molar-refractivity contribution in [1.29, 1.82) is 0 Å². The first-order valence-electron chi connectivity index (χ1n) is 7.49. The Hall–Kier alpha value is -1.96. The molecular weight excluding hydrogens is 260 g/mol. The minimum Gasteiger partial charge on any atom is -0.300 e. The Kier molecular flexibility index (Phi) is 4.89. The molecule has 0 radical (unpaired) electrons. The molecule has 0 saturated carbocycles. The first-order valence-corrected chi connectivity index (χ1v) is 7.49. The van der Waals surface area contributed by atoms with E-state index < -0.39 is 0 Å². The van der Waals surface area contributed by atoms with Gasteiger partial charge in [-0.3, -0.25) is 4.79 Å². The highest BCUT2D eigenvalue weighted by Crippen LogP contribution is 2.24. The van der Waals surface area contributed by atoms with Crippen molar-refractivity contribution in [3.8, 4) is 0 Å². The van der Waals surface area contributed by atoms with Gasteiger partial charge in [-0.1, -0.05) is 56.3 Å². The fourth-order valence-electron chi connectivity index (χ4n) is 2.83. The van der Waals surface area contributed by atoms with Crippen molar-refractivity contribution in [3.05, 3.63) is 48.0 Å². The molecule has 0 N–H and O–H groups in total. The van der Waals surface area contributed by atoms with Gasteiger partial charge in [0.2, 0.25) is 0 Å². The van der Waals surface area contributed by atoms with Crippen molar-refractivity contribution in [1.82, 2.24) is 0 Å². The van der Waals surface area contributed by atoms with Gasteiger partial charge in [-0.25, -0.2) is 0 Å². The third-order valence-corrected chi connectivity index (χ3v) is 3.85. The molecule has 2 heteroatoms. The molecule has 2 nitrogen and oxygen atoms in total. The van der Waals surface area contributed by atoms with Crippen molar-refractivity contribution in [2.75, 3.05) is 0 Å². The van der Waals surface area contributed by atoms with Crippen LogP contribution >= 0.6 is 0 Å². The van der Waals surface area contributed by atoms with Crippen molar-refractivity contribution in [3.63, 3.8) is 0 Å². The second kappa shape index (κ2) is 6.66. The maximum atomic E-state index is 12.4. The van der Waals surface area contributed by atoms with Crippen molar-refractivity contribution < 1.29 is 9.59 Å². The van der Waals surface area contributed by atoms with Gasteiger partial charge >= 0.3 is 0 Å². The topological polar surface area (TPSA) is 34.1 Å². The zero-order valence-electron chi connectivity index (χ0n) is 12.9. The van der Waals surface area contributed by atoms with Crippen molar-refractivity contribution in [2.24, 2.45) is 11.8 Å². The summed E-state index contributed by atoms with van der Waals surface area (Å²) in [5.41, 5.74) is 1.15. The molecule has 0 spiro atoms. The Balaban J connectivity index is 2.34. The van der Waals surface area contributed by atoms with E-state index in [2.05, 4.69) is 24.3 Å². The maximum Gasteiger partial charge on any atom is 0.139 e. The van der Waals surface area contributed by atoms with E-state index in [4.69, 9.17) is 0 Å². The lowest BCUT2D eigenvalue weighted by Gasteiger charge is -2.18. The van der Waals surface area contributed by atoms with Crippen LogP contribution in [0.15, 0.2) is 42.5 Å². The van der Waals surface area contributed by atoms with Gasteiger partial charge in [-0.05, 0) is 29.7 Å². The van der Waals surface area contributed by atoms with Gasteiger partial charge in [0.1, 0.15) is 11.6 Å². The normalized spacial score (nSPS) is 12.6. The Morgan fingerprint density at radius 1 is 1.00 bits per heavy atom. The number of fused-ring (bicyclic) bond motifs is 1. The number of rotatable bonds is 6. The first-order chi connectivity index (χ1) is 9.99. The zero-order valence-corrected chi connectivity index (χ0v) is 12.9. The van der Waals surface area contributed by atoms with E-state index in [-0.39, 0.29) is 23.4 Å². The van der Waals surface area contributed by atoms with Gasteiger partial charge in [0, 0.05) is 18.3 Å². The molecule has 0 aliphatic rings. The predicted molar refractivity (Wildman–Crippen MR) is 86.3 cm³/mol. The Bertz CT molecular complexity index is 650. The van der Waals surface area contributed by atoms with E-state index in [9.17, 15) is 9.59 Å². The van der Waals surface area contributed by atoms with E-state index in [0.29, 0.717) is 12.8 Å². The van der Waals surface area contributed by atoms with Gasteiger partial charge in [0.05, 0.1) is 0 Å². The fraction of sp³-hybridized carbons (Fsp3) is 0.368. The third-order valence-electron chi connectivity index (χ3n) is 3.85. The number of carbonyl (C=O) groups excluding carboxylic acids is 2. The quantitative estimate of drug-likeness (QED) is 0.795. The lowest BCUT2D eigenvalue weighted by Crippen LogP contribution is -2.24. The summed E-state index contributed by atoms with van der Waals surface area (Å²) < 4.78 is 0. The number of benzene rings is 2. The summed E-state index contributed by atoms with van der Waals surface area (Å²) in [7, 11) is 0. The lowest BCUT2D eigenvalue weighted by atomic mass is 9.85. The molecule has 1 atom stereocenters. The van der Waals surface area contributed by atoms with E-state index in [1.54, 1.807) is 6.92 Å². The van der Waals surface area contributed by atoms with Gasteiger partial charge in [-0.2, -0.15) is 0 Å². The van der Waals surface area contributed by atoms with Gasteiger partial charge in [0.15, 0.2) is 0 Å². The molecule has 21 heavy (non-hydrogen) atoms. The van der Waals surface area contributed by atoms with Crippen LogP contribution in [-0.4, -0.2) is 11.6 Å². The van der Waals surface area contributed by atoms with E-state index in [1.165, 1.54) is 10.8 Å².